The molecule has 0 fully saturated rings. The van der Waals surface area contributed by atoms with Crippen LogP contribution in [0.2, 0.25) is 5.02 Å². The highest BCUT2D eigenvalue weighted by Gasteiger charge is 2.17. The molecule has 0 radical (unpaired) electrons. The second-order valence-corrected chi connectivity index (χ2v) is 9.82. The van der Waals surface area contributed by atoms with Crippen molar-refractivity contribution in [2.45, 2.75) is 11.8 Å². The zero-order valence-corrected chi connectivity index (χ0v) is 20.0. The van der Waals surface area contributed by atoms with Crippen LogP contribution in [0.15, 0.2) is 89.8 Å². The van der Waals surface area contributed by atoms with E-state index < -0.39 is 15.9 Å². The predicted octanol–water partition coefficient (Wildman–Crippen LogP) is 5.41. The van der Waals surface area contributed by atoms with E-state index in [9.17, 15) is 13.2 Å². The van der Waals surface area contributed by atoms with Gasteiger partial charge in [0, 0.05) is 5.69 Å². The Morgan fingerprint density at radius 3 is 2.41 bits per heavy atom. The average Bonchev–Trinajstić information content (AvgIpc) is 2.83. The van der Waals surface area contributed by atoms with Crippen LogP contribution in [-0.4, -0.2) is 27.5 Å². The highest BCUT2D eigenvalue weighted by Crippen LogP contribution is 2.23. The minimum Gasteiger partial charge on any atom is -0.492 e. The van der Waals surface area contributed by atoms with Crippen molar-refractivity contribution in [2.75, 3.05) is 17.9 Å². The van der Waals surface area contributed by atoms with E-state index >= 15 is 0 Å². The van der Waals surface area contributed by atoms with Crippen LogP contribution in [0.5, 0.6) is 5.75 Å². The van der Waals surface area contributed by atoms with E-state index in [1.807, 2.05) is 49.4 Å². The van der Waals surface area contributed by atoms with Gasteiger partial charge in [0.15, 0.2) is 0 Å². The first-order chi connectivity index (χ1) is 16.3. The summed E-state index contributed by atoms with van der Waals surface area (Å²) in [5.41, 5.74) is 1.35. The van der Waals surface area contributed by atoms with E-state index in [4.69, 9.17) is 16.3 Å². The monoisotopic (exact) mass is 494 g/mol. The zero-order chi connectivity index (χ0) is 24.1. The fraction of sp³-hybridized carbons (Fsp3) is 0.115. The van der Waals surface area contributed by atoms with Crippen molar-refractivity contribution in [3.63, 3.8) is 0 Å². The van der Waals surface area contributed by atoms with Crippen LogP contribution < -0.4 is 14.8 Å². The van der Waals surface area contributed by atoms with Crippen LogP contribution in [0, 0.1) is 6.92 Å². The van der Waals surface area contributed by atoms with Gasteiger partial charge in [-0.1, -0.05) is 59.6 Å². The number of ether oxygens (including phenoxy) is 1. The molecule has 4 rings (SSSR count). The summed E-state index contributed by atoms with van der Waals surface area (Å²) in [4.78, 5) is 12.8. The van der Waals surface area contributed by atoms with E-state index in [0.717, 1.165) is 16.3 Å². The maximum atomic E-state index is 12.6. The summed E-state index contributed by atoms with van der Waals surface area (Å²) in [6.07, 6.45) is 0. The molecule has 4 aromatic rings. The number of benzene rings is 4. The van der Waals surface area contributed by atoms with Gasteiger partial charge in [-0.3, -0.25) is 9.52 Å². The third-order valence-corrected chi connectivity index (χ3v) is 6.90. The van der Waals surface area contributed by atoms with Crippen molar-refractivity contribution in [1.29, 1.82) is 0 Å². The number of fused-ring (bicyclic) bond motifs is 1. The molecule has 6 nitrogen and oxygen atoms in total. The van der Waals surface area contributed by atoms with Crippen LogP contribution >= 0.6 is 11.6 Å². The summed E-state index contributed by atoms with van der Waals surface area (Å²) in [6.45, 7) is 2.39. The summed E-state index contributed by atoms with van der Waals surface area (Å²) in [5.74, 6) is 0.280. The number of nitrogens with one attached hydrogen (secondary N) is 2. The van der Waals surface area contributed by atoms with Gasteiger partial charge in [0.1, 0.15) is 12.4 Å². The number of hydrogen-bond acceptors (Lipinski definition) is 4. The Kier molecular flexibility index (Phi) is 7.05. The lowest BCUT2D eigenvalue weighted by atomic mass is 10.1. The molecule has 0 aliphatic heterocycles. The largest absolute Gasteiger partial charge is 0.492 e. The van der Waals surface area contributed by atoms with Crippen LogP contribution in [0.25, 0.3) is 10.8 Å². The predicted molar refractivity (Wildman–Crippen MR) is 135 cm³/mol. The number of amides is 1. The van der Waals surface area contributed by atoms with Crippen molar-refractivity contribution in [3.8, 4) is 5.75 Å². The van der Waals surface area contributed by atoms with Crippen molar-refractivity contribution in [3.05, 3.63) is 101 Å². The first-order valence-electron chi connectivity index (χ1n) is 10.6. The van der Waals surface area contributed by atoms with Gasteiger partial charge in [0.05, 0.1) is 22.0 Å². The standard InChI is InChI=1S/C26H23ClN2O4S/c1-18-6-11-23(12-7-18)34(31,32)29-21-9-13-25(27)24(17-21)26(30)28-14-15-33-22-10-8-19-4-2-3-5-20(19)16-22/h2-13,16-17,29H,14-15H2,1H3,(H,28,30). The van der Waals surface area contributed by atoms with E-state index in [1.165, 1.54) is 30.3 Å². The fourth-order valence-electron chi connectivity index (χ4n) is 3.38. The first kappa shape index (κ1) is 23.6. The quantitative estimate of drug-likeness (QED) is 0.321. The highest BCUT2D eigenvalue weighted by molar-refractivity contribution is 7.92. The number of halogens is 1. The normalized spacial score (nSPS) is 11.2. The third-order valence-electron chi connectivity index (χ3n) is 5.17. The summed E-state index contributed by atoms with van der Waals surface area (Å²) in [5, 5.41) is 5.15. The average molecular weight is 495 g/mol. The molecule has 8 heteroatoms. The summed E-state index contributed by atoms with van der Waals surface area (Å²) in [6, 6.07) is 24.7. The Bertz CT molecular complexity index is 1440. The zero-order valence-electron chi connectivity index (χ0n) is 18.4. The first-order valence-corrected chi connectivity index (χ1v) is 12.5. The van der Waals surface area contributed by atoms with Gasteiger partial charge in [0.25, 0.3) is 15.9 Å². The number of carbonyl (C=O) groups excluding carboxylic acids is 1. The van der Waals surface area contributed by atoms with Crippen LogP contribution in [0.1, 0.15) is 15.9 Å². The molecule has 4 aromatic carbocycles. The SMILES string of the molecule is Cc1ccc(S(=O)(=O)Nc2ccc(Cl)c(C(=O)NCCOc3ccc4ccccc4c3)c2)cc1. The number of aryl methyl sites for hydroxylation is 1. The molecule has 34 heavy (non-hydrogen) atoms. The van der Waals surface area contributed by atoms with Crippen molar-refractivity contribution >= 4 is 44.0 Å². The number of hydrogen-bond donors (Lipinski definition) is 2. The topological polar surface area (TPSA) is 84.5 Å². The fourth-order valence-corrected chi connectivity index (χ4v) is 4.63. The number of anilines is 1. The molecule has 0 atom stereocenters. The van der Waals surface area contributed by atoms with E-state index in [2.05, 4.69) is 10.0 Å². The molecular weight excluding hydrogens is 472 g/mol. The molecule has 0 unspecified atom stereocenters. The summed E-state index contributed by atoms with van der Waals surface area (Å²) in [7, 11) is -3.80. The second kappa shape index (κ2) is 10.2. The van der Waals surface area contributed by atoms with Gasteiger partial charge >= 0.3 is 0 Å². The van der Waals surface area contributed by atoms with Gasteiger partial charge in [0.2, 0.25) is 0 Å². The van der Waals surface area contributed by atoms with Crippen molar-refractivity contribution in [1.82, 2.24) is 5.32 Å². The van der Waals surface area contributed by atoms with Gasteiger partial charge in [-0.25, -0.2) is 8.42 Å². The van der Waals surface area contributed by atoms with Crippen LogP contribution in [0.4, 0.5) is 5.69 Å². The maximum absolute atomic E-state index is 12.6. The molecule has 0 saturated heterocycles. The Morgan fingerprint density at radius 1 is 0.912 bits per heavy atom. The smallest absolute Gasteiger partial charge is 0.261 e. The molecule has 1 amide bonds. The summed E-state index contributed by atoms with van der Waals surface area (Å²) >= 11 is 6.19. The van der Waals surface area contributed by atoms with Crippen molar-refractivity contribution in [2.24, 2.45) is 0 Å². The van der Waals surface area contributed by atoms with Gasteiger partial charge in [-0.15, -0.1) is 0 Å². The van der Waals surface area contributed by atoms with Crippen LogP contribution in [0.3, 0.4) is 0 Å². The minimum atomic E-state index is -3.80. The Labute approximate surface area is 203 Å². The second-order valence-electron chi connectivity index (χ2n) is 7.73. The molecule has 0 aliphatic carbocycles. The molecule has 2 N–H and O–H groups in total. The number of carbonyl (C=O) groups is 1. The van der Waals surface area contributed by atoms with E-state index in [1.54, 1.807) is 12.1 Å². The third kappa shape index (κ3) is 5.68. The lowest BCUT2D eigenvalue weighted by Gasteiger charge is -2.12. The van der Waals surface area contributed by atoms with Crippen molar-refractivity contribution < 1.29 is 17.9 Å². The number of sulfonamides is 1. The van der Waals surface area contributed by atoms with Gasteiger partial charge in [-0.2, -0.15) is 0 Å². The molecule has 0 aromatic heterocycles. The maximum Gasteiger partial charge on any atom is 0.261 e. The molecule has 0 bridgehead atoms. The Morgan fingerprint density at radius 2 is 1.65 bits per heavy atom. The molecule has 0 spiro atoms. The summed E-state index contributed by atoms with van der Waals surface area (Å²) < 4.78 is 33.5. The van der Waals surface area contributed by atoms with Gasteiger partial charge in [-0.05, 0) is 60.2 Å². The lowest BCUT2D eigenvalue weighted by molar-refractivity contribution is 0.0947. The Balaban J connectivity index is 1.37. The minimum absolute atomic E-state index is 0.130. The number of rotatable bonds is 8. The molecule has 0 saturated carbocycles. The molecule has 0 heterocycles. The molecular formula is C26H23ClN2O4S. The van der Waals surface area contributed by atoms with E-state index in [-0.39, 0.29) is 34.3 Å². The highest BCUT2D eigenvalue weighted by atomic mass is 35.5. The lowest BCUT2D eigenvalue weighted by Crippen LogP contribution is -2.28. The molecule has 0 aliphatic rings. The van der Waals surface area contributed by atoms with Crippen LogP contribution in [-0.2, 0) is 10.0 Å². The van der Waals surface area contributed by atoms with E-state index in [0.29, 0.717) is 5.75 Å². The molecule has 174 valence electrons. The Hall–Kier alpha value is -3.55. The van der Waals surface area contributed by atoms with Gasteiger partial charge < -0.3 is 10.1 Å².